The normalized spacial score (nSPS) is 14.6. The Balaban J connectivity index is 1.84. The molecule has 1 saturated carbocycles. The van der Waals surface area contributed by atoms with E-state index in [4.69, 9.17) is 28.3 Å². The van der Waals surface area contributed by atoms with Crippen LogP contribution in [0.5, 0.6) is 0 Å². The molecule has 0 atom stereocenters. The maximum Gasteiger partial charge on any atom is 0.335 e. The van der Waals surface area contributed by atoms with Crippen molar-refractivity contribution in [1.82, 2.24) is 9.47 Å². The highest BCUT2D eigenvalue weighted by Crippen LogP contribution is 2.27. The topological polar surface area (TPSA) is 62.5 Å². The average molecular weight is 437 g/mol. The summed E-state index contributed by atoms with van der Waals surface area (Å²) in [5.74, 6) is -0.955. The first-order valence-corrected chi connectivity index (χ1v) is 10.8. The van der Waals surface area contributed by atoms with E-state index in [2.05, 4.69) is 11.8 Å². The Labute approximate surface area is 180 Å². The standard InChI is InChI=1S/C22H26Cl2N2O3/c1-2-25(17-5-3-4-6-17)14-20-18(23)13-19(24)21(27)26(20)12-11-15-7-9-16(10-8-15)22(28)29/h7-10,13,17H,2-6,11-12,14H2,1H3,(H,28,29). The van der Waals surface area contributed by atoms with Gasteiger partial charge < -0.3 is 9.67 Å². The molecule has 0 aliphatic heterocycles. The van der Waals surface area contributed by atoms with Gasteiger partial charge in [-0.15, -0.1) is 0 Å². The third-order valence-corrected chi connectivity index (χ3v) is 6.33. The monoisotopic (exact) mass is 436 g/mol. The number of aryl methyl sites for hydroxylation is 1. The van der Waals surface area contributed by atoms with E-state index in [0.29, 0.717) is 30.6 Å². The summed E-state index contributed by atoms with van der Waals surface area (Å²) >= 11 is 12.6. The summed E-state index contributed by atoms with van der Waals surface area (Å²) in [6, 6.07) is 8.77. The number of carboxylic acid groups (broad SMARTS) is 1. The van der Waals surface area contributed by atoms with Crippen LogP contribution in [-0.2, 0) is 19.5 Å². The number of aromatic carboxylic acids is 1. The minimum absolute atomic E-state index is 0.115. The number of rotatable bonds is 8. The highest BCUT2D eigenvalue weighted by Gasteiger charge is 2.24. The van der Waals surface area contributed by atoms with Gasteiger partial charge in [-0.1, -0.05) is 55.1 Å². The van der Waals surface area contributed by atoms with Gasteiger partial charge in [-0.25, -0.2) is 4.79 Å². The Hall–Kier alpha value is -1.82. The van der Waals surface area contributed by atoms with Gasteiger partial charge in [0.2, 0.25) is 0 Å². The molecule has 1 heterocycles. The molecule has 3 rings (SSSR count). The quantitative estimate of drug-likeness (QED) is 0.641. The lowest BCUT2D eigenvalue weighted by Gasteiger charge is -2.29. The third-order valence-electron chi connectivity index (χ3n) is 5.73. The predicted octanol–water partition coefficient (Wildman–Crippen LogP) is 4.86. The van der Waals surface area contributed by atoms with Crippen molar-refractivity contribution in [1.29, 1.82) is 0 Å². The number of pyridine rings is 1. The summed E-state index contributed by atoms with van der Waals surface area (Å²) in [6.07, 6.45) is 5.43. The summed E-state index contributed by atoms with van der Waals surface area (Å²) in [4.78, 5) is 26.2. The minimum atomic E-state index is -0.955. The molecule has 156 valence electrons. The summed E-state index contributed by atoms with van der Waals surface area (Å²) < 4.78 is 1.67. The van der Waals surface area contributed by atoms with Gasteiger partial charge in [0.1, 0.15) is 5.02 Å². The molecule has 1 aliphatic rings. The molecule has 1 aromatic carbocycles. The number of hydrogen-bond acceptors (Lipinski definition) is 3. The van der Waals surface area contributed by atoms with Gasteiger partial charge in [0.15, 0.2) is 0 Å². The summed E-state index contributed by atoms with van der Waals surface area (Å²) in [7, 11) is 0. The van der Waals surface area contributed by atoms with Crippen LogP contribution in [0, 0.1) is 0 Å². The summed E-state index contributed by atoms with van der Waals surface area (Å²) in [5, 5.41) is 9.66. The fraction of sp³-hybridized carbons (Fsp3) is 0.455. The Morgan fingerprint density at radius 3 is 2.41 bits per heavy atom. The van der Waals surface area contributed by atoms with Crippen LogP contribution in [0.25, 0.3) is 0 Å². The summed E-state index contributed by atoms with van der Waals surface area (Å²) in [5.41, 5.74) is 1.74. The Morgan fingerprint density at radius 2 is 1.83 bits per heavy atom. The smallest absolute Gasteiger partial charge is 0.335 e. The number of aromatic nitrogens is 1. The summed E-state index contributed by atoms with van der Waals surface area (Å²) in [6.45, 7) is 4.08. The zero-order chi connectivity index (χ0) is 21.0. The van der Waals surface area contributed by atoms with Crippen LogP contribution in [0.2, 0.25) is 10.0 Å². The lowest BCUT2D eigenvalue weighted by Crippen LogP contribution is -2.36. The first kappa shape index (κ1) is 21.9. The van der Waals surface area contributed by atoms with E-state index in [1.807, 2.05) is 0 Å². The van der Waals surface area contributed by atoms with Crippen LogP contribution < -0.4 is 5.56 Å². The molecule has 29 heavy (non-hydrogen) atoms. The average Bonchev–Trinajstić information content (AvgIpc) is 3.24. The van der Waals surface area contributed by atoms with Gasteiger partial charge in [0, 0.05) is 19.1 Å². The van der Waals surface area contributed by atoms with Crippen LogP contribution in [0.15, 0.2) is 35.1 Å². The van der Waals surface area contributed by atoms with Crippen LogP contribution in [0.3, 0.4) is 0 Å². The third kappa shape index (κ3) is 5.21. The van der Waals surface area contributed by atoms with Crippen molar-refractivity contribution >= 4 is 29.2 Å². The maximum absolute atomic E-state index is 12.8. The highest BCUT2D eigenvalue weighted by molar-refractivity contribution is 6.34. The zero-order valence-corrected chi connectivity index (χ0v) is 18.0. The number of nitrogens with zero attached hydrogens (tertiary/aromatic N) is 2. The van der Waals surface area contributed by atoms with Gasteiger partial charge in [0.25, 0.3) is 5.56 Å². The SMILES string of the molecule is CCN(Cc1c(Cl)cc(Cl)c(=O)n1CCc1ccc(C(=O)O)cc1)C1CCCC1. The Bertz CT molecular complexity index is 919. The number of carbonyl (C=O) groups is 1. The molecule has 1 fully saturated rings. The van der Waals surface area contributed by atoms with Crippen LogP contribution in [-0.4, -0.2) is 33.1 Å². The van der Waals surface area contributed by atoms with Crippen molar-refractivity contribution in [2.24, 2.45) is 0 Å². The van der Waals surface area contributed by atoms with Crippen molar-refractivity contribution in [3.63, 3.8) is 0 Å². The number of hydrogen-bond donors (Lipinski definition) is 1. The lowest BCUT2D eigenvalue weighted by atomic mass is 10.1. The van der Waals surface area contributed by atoms with Gasteiger partial charge in [-0.2, -0.15) is 0 Å². The molecule has 0 unspecified atom stereocenters. The number of carboxylic acids is 1. The Kier molecular flexibility index (Phi) is 7.38. The van der Waals surface area contributed by atoms with E-state index in [0.717, 1.165) is 17.8 Å². The first-order chi connectivity index (χ1) is 13.9. The van der Waals surface area contributed by atoms with E-state index in [1.54, 1.807) is 34.9 Å². The second-order valence-electron chi connectivity index (χ2n) is 7.50. The van der Waals surface area contributed by atoms with Gasteiger partial charge in [0.05, 0.1) is 16.3 Å². The van der Waals surface area contributed by atoms with Crippen molar-refractivity contribution < 1.29 is 9.90 Å². The highest BCUT2D eigenvalue weighted by atomic mass is 35.5. The van der Waals surface area contributed by atoms with Crippen molar-refractivity contribution in [2.75, 3.05) is 6.54 Å². The molecule has 1 aliphatic carbocycles. The van der Waals surface area contributed by atoms with Crippen molar-refractivity contribution in [3.8, 4) is 0 Å². The fourth-order valence-electron chi connectivity index (χ4n) is 4.05. The molecule has 2 aromatic rings. The van der Waals surface area contributed by atoms with E-state index in [-0.39, 0.29) is 16.1 Å². The maximum atomic E-state index is 12.8. The van der Waals surface area contributed by atoms with E-state index in [9.17, 15) is 9.59 Å². The van der Waals surface area contributed by atoms with Crippen LogP contribution >= 0.6 is 23.2 Å². The van der Waals surface area contributed by atoms with E-state index >= 15 is 0 Å². The first-order valence-electron chi connectivity index (χ1n) is 10.0. The molecule has 0 saturated heterocycles. The second-order valence-corrected chi connectivity index (χ2v) is 8.31. The molecular formula is C22H26Cl2N2O3. The minimum Gasteiger partial charge on any atom is -0.478 e. The molecule has 0 radical (unpaired) electrons. The predicted molar refractivity (Wildman–Crippen MR) is 116 cm³/mol. The molecule has 1 aromatic heterocycles. The molecule has 7 heteroatoms. The van der Waals surface area contributed by atoms with Gasteiger partial charge in [-0.3, -0.25) is 9.69 Å². The van der Waals surface area contributed by atoms with Gasteiger partial charge >= 0.3 is 5.97 Å². The molecular weight excluding hydrogens is 411 g/mol. The molecule has 1 N–H and O–H groups in total. The second kappa shape index (κ2) is 9.79. The number of benzene rings is 1. The van der Waals surface area contributed by atoms with Crippen molar-refractivity contribution in [3.05, 3.63) is 67.6 Å². The molecule has 0 amide bonds. The van der Waals surface area contributed by atoms with E-state index < -0.39 is 5.97 Å². The lowest BCUT2D eigenvalue weighted by molar-refractivity contribution is 0.0697. The van der Waals surface area contributed by atoms with E-state index in [1.165, 1.54) is 25.7 Å². The van der Waals surface area contributed by atoms with Crippen LogP contribution in [0.1, 0.15) is 54.2 Å². The molecule has 0 spiro atoms. The largest absolute Gasteiger partial charge is 0.478 e. The zero-order valence-electron chi connectivity index (χ0n) is 16.5. The van der Waals surface area contributed by atoms with Crippen molar-refractivity contribution in [2.45, 2.75) is 58.2 Å². The fourth-order valence-corrected chi connectivity index (χ4v) is 4.59. The number of halogens is 2. The molecule has 5 nitrogen and oxygen atoms in total. The van der Waals surface area contributed by atoms with Crippen LogP contribution in [0.4, 0.5) is 0 Å². The Morgan fingerprint density at radius 1 is 1.17 bits per heavy atom. The van der Waals surface area contributed by atoms with Gasteiger partial charge in [-0.05, 0) is 49.6 Å². The molecule has 0 bridgehead atoms.